The van der Waals surface area contributed by atoms with Gasteiger partial charge in [-0.15, -0.1) is 0 Å². The van der Waals surface area contributed by atoms with Crippen molar-refractivity contribution in [2.45, 2.75) is 71.0 Å². The summed E-state index contributed by atoms with van der Waals surface area (Å²) in [6, 6.07) is 27.9. The lowest BCUT2D eigenvalue weighted by atomic mass is 9.98. The third kappa shape index (κ3) is 10.2. The van der Waals surface area contributed by atoms with Gasteiger partial charge in [0.05, 0.1) is 49.5 Å². The van der Waals surface area contributed by atoms with E-state index in [1.54, 1.807) is 31.5 Å². The molecular formula is C50H55BrN6O7. The van der Waals surface area contributed by atoms with Crippen molar-refractivity contribution in [2.24, 2.45) is 7.05 Å². The van der Waals surface area contributed by atoms with Gasteiger partial charge in [-0.25, -0.2) is 19.6 Å². The van der Waals surface area contributed by atoms with E-state index in [1.165, 1.54) is 0 Å². The van der Waals surface area contributed by atoms with Crippen molar-refractivity contribution in [3.05, 3.63) is 120 Å². The highest BCUT2D eigenvalue weighted by Crippen LogP contribution is 2.40. The number of carbonyl (C=O) groups excluding carboxylic acids is 2. The van der Waals surface area contributed by atoms with E-state index in [2.05, 4.69) is 60.8 Å². The number of esters is 1. The minimum absolute atomic E-state index is 0.119. The second-order valence-corrected chi connectivity index (χ2v) is 16.9. The van der Waals surface area contributed by atoms with E-state index in [0.717, 1.165) is 55.4 Å². The summed E-state index contributed by atoms with van der Waals surface area (Å²) in [5.74, 6) is 2.07. The number of hydrogen-bond acceptors (Lipinski definition) is 10. The summed E-state index contributed by atoms with van der Waals surface area (Å²) in [4.78, 5) is 38.0. The zero-order valence-electron chi connectivity index (χ0n) is 37.5. The Kier molecular flexibility index (Phi) is 14.5. The fraction of sp³-hybridized carbons (Fsp3) is 0.340. The molecule has 0 spiro atoms. The van der Waals surface area contributed by atoms with Crippen molar-refractivity contribution in [1.29, 1.82) is 0 Å². The highest BCUT2D eigenvalue weighted by Gasteiger charge is 2.29. The van der Waals surface area contributed by atoms with Crippen molar-refractivity contribution < 1.29 is 33.3 Å². The molecular weight excluding hydrogens is 876 g/mol. The van der Waals surface area contributed by atoms with Crippen LogP contribution in [0.15, 0.2) is 97.3 Å². The molecule has 3 heterocycles. The van der Waals surface area contributed by atoms with E-state index in [1.807, 2.05) is 94.0 Å². The van der Waals surface area contributed by atoms with Crippen molar-refractivity contribution in [1.82, 2.24) is 29.2 Å². The van der Waals surface area contributed by atoms with Gasteiger partial charge in [0, 0.05) is 54.4 Å². The largest absolute Gasteiger partial charge is 0.496 e. The van der Waals surface area contributed by atoms with Crippen LogP contribution in [0.2, 0.25) is 0 Å². The fourth-order valence-electron chi connectivity index (χ4n) is 7.94. The molecule has 64 heavy (non-hydrogen) atoms. The van der Waals surface area contributed by atoms with Gasteiger partial charge in [0.25, 0.3) is 0 Å². The van der Waals surface area contributed by atoms with E-state index < -0.39 is 17.7 Å². The fourth-order valence-corrected chi connectivity index (χ4v) is 8.58. The molecule has 0 fully saturated rings. The van der Waals surface area contributed by atoms with E-state index in [9.17, 15) is 9.59 Å². The highest BCUT2D eigenvalue weighted by atomic mass is 79.9. The molecule has 0 aliphatic heterocycles. The molecule has 0 saturated carbocycles. The number of fused-ring (bicyclic) bond motifs is 2. The van der Waals surface area contributed by atoms with Crippen molar-refractivity contribution in [3.63, 3.8) is 0 Å². The lowest BCUT2D eigenvalue weighted by Crippen LogP contribution is -2.35. The Balaban J connectivity index is 1.26. The van der Waals surface area contributed by atoms with Crippen LogP contribution in [0.25, 0.3) is 44.2 Å². The van der Waals surface area contributed by atoms with E-state index in [4.69, 9.17) is 28.8 Å². The summed E-state index contributed by atoms with van der Waals surface area (Å²) in [5.41, 5.74) is 5.72. The topological polar surface area (TPSA) is 132 Å². The van der Waals surface area contributed by atoms with Gasteiger partial charge in [-0.1, -0.05) is 82.7 Å². The summed E-state index contributed by atoms with van der Waals surface area (Å²) in [6.45, 7) is 8.91. The van der Waals surface area contributed by atoms with Crippen LogP contribution in [0.5, 0.6) is 17.2 Å². The quantitative estimate of drug-likeness (QED) is 0.0465. The molecule has 0 radical (unpaired) electrons. The maximum Gasteiger partial charge on any atom is 0.410 e. The number of ether oxygens (including phenoxy) is 5. The molecule has 4 aromatic carbocycles. The molecule has 0 aliphatic carbocycles. The first-order valence-electron chi connectivity index (χ1n) is 21.5. The second kappa shape index (κ2) is 20.4. The number of aromatic nitrogens is 5. The van der Waals surface area contributed by atoms with Gasteiger partial charge in [-0.3, -0.25) is 4.68 Å². The molecule has 7 aromatic rings. The Hall–Kier alpha value is -6.41. The minimum Gasteiger partial charge on any atom is -0.496 e. The standard InChI is InChI=1S/C50H55BrN6O7/c1-8-61-48(58)46-37(23-15-28-62-43-25-13-18-33-17-9-10-19-35(33)43)36-21-14-22-39(45(36)57(46)27-16-26-55(5)49(59)64-50(2,3)4)44-40(54-56(6)41(44)29-51)32-63-34-30-52-47(53-31-34)38-20-11-12-24-42(38)60-7/h9-14,17-22,24-25,30-31H,8,15-16,23,26-29,32H2,1-7H3. The Morgan fingerprint density at radius 2 is 1.53 bits per heavy atom. The van der Waals surface area contributed by atoms with Crippen molar-refractivity contribution >= 4 is 49.7 Å². The number of alkyl halides is 1. The number of hydrogen-bond donors (Lipinski definition) is 0. The Bertz CT molecular complexity index is 2740. The highest BCUT2D eigenvalue weighted by molar-refractivity contribution is 9.08. The van der Waals surface area contributed by atoms with Crippen LogP contribution in [0.3, 0.4) is 0 Å². The average Bonchev–Trinajstić information content (AvgIpc) is 3.79. The minimum atomic E-state index is -0.634. The lowest BCUT2D eigenvalue weighted by molar-refractivity contribution is 0.0294. The van der Waals surface area contributed by atoms with Crippen LogP contribution in [0, 0.1) is 0 Å². The first kappa shape index (κ1) is 45.6. The predicted octanol–water partition coefficient (Wildman–Crippen LogP) is 10.6. The first-order valence-corrected chi connectivity index (χ1v) is 22.6. The monoisotopic (exact) mass is 930 g/mol. The van der Waals surface area contributed by atoms with Crippen LogP contribution in [-0.2, 0) is 41.4 Å². The molecule has 0 unspecified atom stereocenters. The lowest BCUT2D eigenvalue weighted by Gasteiger charge is -2.24. The van der Waals surface area contributed by atoms with Crippen molar-refractivity contribution in [3.8, 4) is 39.8 Å². The van der Waals surface area contributed by atoms with Gasteiger partial charge in [0.1, 0.15) is 35.1 Å². The number of methoxy groups -OCH3 is 1. The maximum atomic E-state index is 14.2. The molecule has 13 nitrogen and oxygen atoms in total. The van der Waals surface area contributed by atoms with Gasteiger partial charge in [0.15, 0.2) is 11.6 Å². The summed E-state index contributed by atoms with van der Waals surface area (Å²) in [5, 5.41) is 8.54. The zero-order valence-corrected chi connectivity index (χ0v) is 39.1. The normalized spacial score (nSPS) is 11.5. The van der Waals surface area contributed by atoms with Crippen LogP contribution in [-0.4, -0.2) is 80.8 Å². The molecule has 3 aromatic heterocycles. The van der Waals surface area contributed by atoms with E-state index >= 15 is 0 Å². The molecule has 14 heteroatoms. The van der Waals surface area contributed by atoms with Crippen LogP contribution >= 0.6 is 15.9 Å². The van der Waals surface area contributed by atoms with Crippen LogP contribution < -0.4 is 14.2 Å². The smallest absolute Gasteiger partial charge is 0.410 e. The SMILES string of the molecule is CCOC(=O)c1c(CCCOc2cccc3ccccc23)c2cccc(-c3c(COc4cnc(-c5ccccc5OC)nc4)nn(C)c3CBr)c2n1CCCN(C)C(=O)OC(C)(C)C. The molecule has 7 rings (SSSR count). The average molecular weight is 932 g/mol. The third-order valence-corrected chi connectivity index (χ3v) is 11.3. The third-order valence-electron chi connectivity index (χ3n) is 10.8. The van der Waals surface area contributed by atoms with Gasteiger partial charge in [0.2, 0.25) is 0 Å². The number of aryl methyl sites for hydroxylation is 3. The number of amides is 1. The molecule has 0 bridgehead atoms. The maximum absolute atomic E-state index is 14.2. The first-order chi connectivity index (χ1) is 30.9. The molecule has 0 N–H and O–H groups in total. The molecule has 0 atom stereocenters. The number of carbonyl (C=O) groups is 2. The number of rotatable bonds is 18. The van der Waals surface area contributed by atoms with Gasteiger partial charge < -0.3 is 33.2 Å². The summed E-state index contributed by atoms with van der Waals surface area (Å²) >= 11 is 3.75. The Morgan fingerprint density at radius 1 is 0.844 bits per heavy atom. The van der Waals surface area contributed by atoms with Gasteiger partial charge in [-0.05, 0) is 76.1 Å². The molecule has 1 amide bonds. The Labute approximate surface area is 382 Å². The molecule has 334 valence electrons. The molecule has 0 saturated heterocycles. The second-order valence-electron chi connectivity index (χ2n) is 16.3. The molecule has 0 aliphatic rings. The van der Waals surface area contributed by atoms with Crippen LogP contribution in [0.4, 0.5) is 4.79 Å². The number of para-hydroxylation sites is 2. The number of halogens is 1. The number of nitrogens with zero attached hydrogens (tertiary/aromatic N) is 6. The van der Waals surface area contributed by atoms with Crippen LogP contribution in [0.1, 0.15) is 68.0 Å². The van der Waals surface area contributed by atoms with E-state index in [0.29, 0.717) is 73.0 Å². The van der Waals surface area contributed by atoms with Crippen molar-refractivity contribution in [2.75, 3.05) is 33.9 Å². The van der Waals surface area contributed by atoms with Gasteiger partial charge >= 0.3 is 12.1 Å². The Morgan fingerprint density at radius 3 is 2.28 bits per heavy atom. The summed E-state index contributed by atoms with van der Waals surface area (Å²) in [6.07, 6.45) is 4.59. The van der Waals surface area contributed by atoms with E-state index in [-0.39, 0.29) is 13.2 Å². The van der Waals surface area contributed by atoms with Gasteiger partial charge in [-0.2, -0.15) is 5.10 Å². The predicted molar refractivity (Wildman–Crippen MR) is 252 cm³/mol. The summed E-state index contributed by atoms with van der Waals surface area (Å²) < 4.78 is 33.6. The summed E-state index contributed by atoms with van der Waals surface area (Å²) in [7, 11) is 5.25. The zero-order chi connectivity index (χ0) is 45.4. The number of benzene rings is 4.